The number of nitrogens with two attached hydrogens (primary N) is 1. The Hall–Kier alpha value is -0.900. The van der Waals surface area contributed by atoms with E-state index in [4.69, 9.17) is 10.3 Å². The molecule has 1 aromatic heterocycles. The quantitative estimate of drug-likeness (QED) is 0.784. The van der Waals surface area contributed by atoms with E-state index in [1.54, 1.807) is 0 Å². The monoisotopic (exact) mass is 197 g/mol. The van der Waals surface area contributed by atoms with Crippen LogP contribution in [0, 0.1) is 5.92 Å². The Balaban J connectivity index is 2.58. The van der Waals surface area contributed by atoms with Gasteiger partial charge in [-0.1, -0.05) is 32.3 Å². The van der Waals surface area contributed by atoms with Crippen LogP contribution >= 0.6 is 0 Å². The molecular formula is C10H19N3O. The van der Waals surface area contributed by atoms with Gasteiger partial charge in [0.25, 0.3) is 0 Å². The molecule has 0 bridgehead atoms. The lowest BCUT2D eigenvalue weighted by Gasteiger charge is -2.02. The van der Waals surface area contributed by atoms with Crippen LogP contribution in [-0.2, 0) is 6.42 Å². The van der Waals surface area contributed by atoms with Gasteiger partial charge in [0, 0.05) is 6.42 Å². The van der Waals surface area contributed by atoms with Gasteiger partial charge in [-0.2, -0.15) is 4.98 Å². The number of nitrogens with zero attached hydrogens (tertiary/aromatic N) is 2. The molecule has 0 unspecified atom stereocenters. The van der Waals surface area contributed by atoms with Crippen molar-refractivity contribution in [2.24, 2.45) is 11.7 Å². The Kier molecular flexibility index (Phi) is 4.07. The fraction of sp³-hybridized carbons (Fsp3) is 0.800. The summed E-state index contributed by atoms with van der Waals surface area (Å²) in [4.78, 5) is 4.27. The molecule has 1 heterocycles. The van der Waals surface area contributed by atoms with Crippen LogP contribution in [0.1, 0.15) is 51.4 Å². The lowest BCUT2D eigenvalue weighted by atomic mass is 10.1. The van der Waals surface area contributed by atoms with Gasteiger partial charge in [-0.3, -0.25) is 0 Å². The van der Waals surface area contributed by atoms with Gasteiger partial charge in [-0.05, 0) is 12.3 Å². The molecule has 2 N–H and O–H groups in total. The first-order valence-electron chi connectivity index (χ1n) is 5.21. The molecule has 1 aromatic rings. The van der Waals surface area contributed by atoms with Crippen molar-refractivity contribution in [3.8, 4) is 0 Å². The van der Waals surface area contributed by atoms with Crippen molar-refractivity contribution in [3.05, 3.63) is 11.7 Å². The Morgan fingerprint density at radius 2 is 2.14 bits per heavy atom. The third kappa shape index (κ3) is 3.10. The summed E-state index contributed by atoms with van der Waals surface area (Å²) in [7, 11) is 0. The van der Waals surface area contributed by atoms with Crippen molar-refractivity contribution >= 4 is 0 Å². The summed E-state index contributed by atoms with van der Waals surface area (Å²) in [6, 6.07) is -0.103. The van der Waals surface area contributed by atoms with Crippen molar-refractivity contribution in [2.75, 3.05) is 0 Å². The van der Waals surface area contributed by atoms with Crippen molar-refractivity contribution in [2.45, 2.75) is 46.1 Å². The van der Waals surface area contributed by atoms with Crippen molar-refractivity contribution in [1.29, 1.82) is 0 Å². The normalized spacial score (nSPS) is 13.5. The van der Waals surface area contributed by atoms with Gasteiger partial charge in [0.1, 0.15) is 0 Å². The minimum atomic E-state index is -0.103. The highest BCUT2D eigenvalue weighted by Gasteiger charge is 2.14. The molecule has 4 nitrogen and oxygen atoms in total. The third-order valence-corrected chi connectivity index (χ3v) is 1.99. The van der Waals surface area contributed by atoms with Crippen LogP contribution < -0.4 is 5.73 Å². The topological polar surface area (TPSA) is 64.9 Å². The van der Waals surface area contributed by atoms with E-state index in [1.165, 1.54) is 0 Å². The summed E-state index contributed by atoms with van der Waals surface area (Å²) in [5.41, 5.74) is 5.85. The SMILES string of the molecule is CCC[C@H](N)c1nc(CC(C)C)no1. The summed E-state index contributed by atoms with van der Waals surface area (Å²) in [5.74, 6) is 1.88. The highest BCUT2D eigenvalue weighted by atomic mass is 16.5. The Morgan fingerprint density at radius 1 is 1.43 bits per heavy atom. The average molecular weight is 197 g/mol. The molecule has 0 aliphatic heterocycles. The molecule has 1 atom stereocenters. The van der Waals surface area contributed by atoms with E-state index in [2.05, 4.69) is 30.9 Å². The number of rotatable bonds is 5. The van der Waals surface area contributed by atoms with Crippen molar-refractivity contribution in [3.63, 3.8) is 0 Å². The highest BCUT2D eigenvalue weighted by molar-refractivity contribution is 4.92. The summed E-state index contributed by atoms with van der Waals surface area (Å²) in [5, 5.41) is 3.89. The zero-order chi connectivity index (χ0) is 10.6. The first kappa shape index (κ1) is 11.2. The molecular weight excluding hydrogens is 178 g/mol. The number of aromatic nitrogens is 2. The van der Waals surface area contributed by atoms with Crippen LogP contribution in [0.4, 0.5) is 0 Å². The molecule has 0 radical (unpaired) electrons. The second kappa shape index (κ2) is 5.10. The molecule has 0 fully saturated rings. The molecule has 0 saturated heterocycles. The van der Waals surface area contributed by atoms with E-state index in [-0.39, 0.29) is 6.04 Å². The van der Waals surface area contributed by atoms with Crippen LogP contribution in [0.15, 0.2) is 4.52 Å². The van der Waals surface area contributed by atoms with E-state index in [9.17, 15) is 0 Å². The standard InChI is InChI=1S/C10H19N3O/c1-4-5-8(11)10-12-9(13-14-10)6-7(2)3/h7-8H,4-6,11H2,1-3H3/t8-/m0/s1. The van der Waals surface area contributed by atoms with E-state index in [0.717, 1.165) is 25.1 Å². The van der Waals surface area contributed by atoms with Gasteiger partial charge < -0.3 is 10.3 Å². The van der Waals surface area contributed by atoms with Crippen molar-refractivity contribution in [1.82, 2.24) is 10.1 Å². The van der Waals surface area contributed by atoms with Gasteiger partial charge in [-0.25, -0.2) is 0 Å². The lowest BCUT2D eigenvalue weighted by molar-refractivity contribution is 0.343. The summed E-state index contributed by atoms with van der Waals surface area (Å²) >= 11 is 0. The molecule has 0 spiro atoms. The summed E-state index contributed by atoms with van der Waals surface area (Å²) in [6.07, 6.45) is 2.77. The predicted molar refractivity (Wildman–Crippen MR) is 54.7 cm³/mol. The van der Waals surface area contributed by atoms with E-state index in [1.807, 2.05) is 0 Å². The van der Waals surface area contributed by atoms with Gasteiger partial charge in [-0.15, -0.1) is 0 Å². The van der Waals surface area contributed by atoms with E-state index >= 15 is 0 Å². The maximum Gasteiger partial charge on any atom is 0.243 e. The molecule has 0 amide bonds. The average Bonchev–Trinajstić information content (AvgIpc) is 2.52. The summed E-state index contributed by atoms with van der Waals surface area (Å²) < 4.78 is 5.09. The fourth-order valence-electron chi connectivity index (χ4n) is 1.30. The Labute approximate surface area is 84.9 Å². The van der Waals surface area contributed by atoms with Gasteiger partial charge >= 0.3 is 0 Å². The van der Waals surface area contributed by atoms with Gasteiger partial charge in [0.2, 0.25) is 5.89 Å². The molecule has 1 rings (SSSR count). The van der Waals surface area contributed by atoms with Crippen LogP contribution in [0.3, 0.4) is 0 Å². The summed E-state index contributed by atoms with van der Waals surface area (Å²) in [6.45, 7) is 6.34. The first-order valence-corrected chi connectivity index (χ1v) is 5.21. The molecule has 14 heavy (non-hydrogen) atoms. The smallest absolute Gasteiger partial charge is 0.243 e. The molecule has 4 heteroatoms. The highest BCUT2D eigenvalue weighted by Crippen LogP contribution is 2.14. The molecule has 0 saturated carbocycles. The Morgan fingerprint density at radius 3 is 2.71 bits per heavy atom. The van der Waals surface area contributed by atoms with Gasteiger partial charge in [0.05, 0.1) is 6.04 Å². The maximum atomic E-state index is 5.85. The largest absolute Gasteiger partial charge is 0.338 e. The van der Waals surface area contributed by atoms with E-state index < -0.39 is 0 Å². The van der Waals surface area contributed by atoms with Crippen molar-refractivity contribution < 1.29 is 4.52 Å². The van der Waals surface area contributed by atoms with Gasteiger partial charge in [0.15, 0.2) is 5.82 Å². The second-order valence-electron chi connectivity index (χ2n) is 4.04. The third-order valence-electron chi connectivity index (χ3n) is 1.99. The molecule has 0 aromatic carbocycles. The number of hydrogen-bond donors (Lipinski definition) is 1. The molecule has 80 valence electrons. The molecule has 0 aliphatic rings. The maximum absolute atomic E-state index is 5.85. The van der Waals surface area contributed by atoms with E-state index in [0.29, 0.717) is 11.8 Å². The van der Waals surface area contributed by atoms with Crippen LogP contribution in [0.2, 0.25) is 0 Å². The second-order valence-corrected chi connectivity index (χ2v) is 4.04. The number of hydrogen-bond acceptors (Lipinski definition) is 4. The zero-order valence-electron chi connectivity index (χ0n) is 9.16. The van der Waals surface area contributed by atoms with Crippen LogP contribution in [-0.4, -0.2) is 10.1 Å². The predicted octanol–water partition coefficient (Wildman–Crippen LogP) is 2.07. The Bertz CT molecular complexity index is 270. The fourth-order valence-corrected chi connectivity index (χ4v) is 1.30. The first-order chi connectivity index (χ1) is 6.63. The zero-order valence-corrected chi connectivity index (χ0v) is 9.16. The van der Waals surface area contributed by atoms with Crippen LogP contribution in [0.25, 0.3) is 0 Å². The molecule has 0 aliphatic carbocycles. The lowest BCUT2D eigenvalue weighted by Crippen LogP contribution is -2.10. The minimum Gasteiger partial charge on any atom is -0.338 e. The minimum absolute atomic E-state index is 0.103. The van der Waals surface area contributed by atoms with Crippen LogP contribution in [0.5, 0.6) is 0 Å².